The third-order valence-electron chi connectivity index (χ3n) is 2.90. The van der Waals surface area contributed by atoms with Crippen molar-refractivity contribution >= 4 is 5.69 Å². The highest BCUT2D eigenvalue weighted by Gasteiger charge is 2.15. The van der Waals surface area contributed by atoms with Gasteiger partial charge in [-0.2, -0.15) is 5.26 Å². The Labute approximate surface area is 114 Å². The Morgan fingerprint density at radius 1 is 1.37 bits per heavy atom. The van der Waals surface area contributed by atoms with Crippen LogP contribution in [0.25, 0.3) is 0 Å². The molecule has 0 spiro atoms. The predicted molar refractivity (Wildman–Crippen MR) is 76.3 cm³/mol. The van der Waals surface area contributed by atoms with E-state index in [1.807, 2.05) is 6.92 Å². The Kier molecular flexibility index (Phi) is 5.78. The van der Waals surface area contributed by atoms with Gasteiger partial charge >= 0.3 is 0 Å². The summed E-state index contributed by atoms with van der Waals surface area (Å²) in [5.41, 5.74) is 7.64. The van der Waals surface area contributed by atoms with E-state index in [1.54, 1.807) is 6.07 Å². The molecule has 0 aromatic heterocycles. The van der Waals surface area contributed by atoms with Gasteiger partial charge in [0.15, 0.2) is 0 Å². The molecular weight excluding hydrogens is 241 g/mol. The number of halogens is 1. The average molecular weight is 263 g/mol. The maximum absolute atomic E-state index is 13.4. The summed E-state index contributed by atoms with van der Waals surface area (Å²) in [4.78, 5) is 2.12. The normalized spacial score (nSPS) is 12.3. The molecular formula is C15H22FN3. The second-order valence-electron chi connectivity index (χ2n) is 5.24. The van der Waals surface area contributed by atoms with Gasteiger partial charge in [0.25, 0.3) is 0 Å². The van der Waals surface area contributed by atoms with E-state index in [1.165, 1.54) is 12.1 Å². The quantitative estimate of drug-likeness (QED) is 0.857. The van der Waals surface area contributed by atoms with Crippen molar-refractivity contribution in [2.45, 2.75) is 33.2 Å². The summed E-state index contributed by atoms with van der Waals surface area (Å²) in [7, 11) is 0. The summed E-state index contributed by atoms with van der Waals surface area (Å²) >= 11 is 0. The summed E-state index contributed by atoms with van der Waals surface area (Å²) in [5, 5.41) is 8.76. The third-order valence-corrected chi connectivity index (χ3v) is 2.90. The topological polar surface area (TPSA) is 53.0 Å². The molecule has 0 heterocycles. The molecule has 2 N–H and O–H groups in total. The van der Waals surface area contributed by atoms with Gasteiger partial charge in [-0.15, -0.1) is 0 Å². The molecule has 0 aliphatic rings. The first-order chi connectivity index (χ1) is 8.95. The van der Waals surface area contributed by atoms with Crippen molar-refractivity contribution in [3.8, 4) is 6.07 Å². The van der Waals surface area contributed by atoms with Gasteiger partial charge in [-0.25, -0.2) is 4.39 Å². The van der Waals surface area contributed by atoms with Crippen LogP contribution in [0, 0.1) is 23.1 Å². The van der Waals surface area contributed by atoms with Crippen molar-refractivity contribution in [1.29, 1.82) is 5.26 Å². The molecule has 0 aliphatic heterocycles. The van der Waals surface area contributed by atoms with E-state index >= 15 is 0 Å². The lowest BCUT2D eigenvalue weighted by Crippen LogP contribution is -2.30. The van der Waals surface area contributed by atoms with Crippen LogP contribution >= 0.6 is 0 Å². The summed E-state index contributed by atoms with van der Waals surface area (Å²) in [6.07, 6.45) is 0.447. The number of hydrogen-bond acceptors (Lipinski definition) is 3. The van der Waals surface area contributed by atoms with E-state index in [-0.39, 0.29) is 11.9 Å². The molecule has 0 fully saturated rings. The van der Waals surface area contributed by atoms with E-state index in [4.69, 9.17) is 11.0 Å². The first kappa shape index (κ1) is 15.5. The number of benzene rings is 1. The van der Waals surface area contributed by atoms with Gasteiger partial charge in [0.2, 0.25) is 0 Å². The zero-order valence-corrected chi connectivity index (χ0v) is 11.9. The number of nitrogens with zero attached hydrogens (tertiary/aromatic N) is 2. The molecule has 1 aromatic carbocycles. The molecule has 3 nitrogen and oxygen atoms in total. The zero-order valence-electron chi connectivity index (χ0n) is 11.9. The maximum atomic E-state index is 13.4. The minimum atomic E-state index is -0.277. The van der Waals surface area contributed by atoms with Crippen LogP contribution in [0.1, 0.15) is 38.8 Å². The molecule has 0 amide bonds. The second kappa shape index (κ2) is 7.10. The first-order valence-electron chi connectivity index (χ1n) is 6.62. The molecule has 19 heavy (non-hydrogen) atoms. The van der Waals surface area contributed by atoms with Gasteiger partial charge < -0.3 is 10.6 Å². The SMILES string of the molecule is CC(C)CN(CCC#N)c1ccc(F)cc1[C@H](C)N. The molecule has 0 saturated carbocycles. The second-order valence-corrected chi connectivity index (χ2v) is 5.24. The number of hydrogen-bond donors (Lipinski definition) is 1. The Bertz CT molecular complexity index is 449. The highest BCUT2D eigenvalue weighted by Crippen LogP contribution is 2.27. The molecule has 0 unspecified atom stereocenters. The van der Waals surface area contributed by atoms with E-state index in [0.29, 0.717) is 18.9 Å². The number of nitrogens with two attached hydrogens (primary N) is 1. The van der Waals surface area contributed by atoms with E-state index in [9.17, 15) is 4.39 Å². The molecule has 0 radical (unpaired) electrons. The van der Waals surface area contributed by atoms with Gasteiger partial charge in [0.05, 0.1) is 12.5 Å². The number of rotatable bonds is 6. The van der Waals surface area contributed by atoms with Crippen LogP contribution in [0.15, 0.2) is 18.2 Å². The van der Waals surface area contributed by atoms with Crippen molar-refractivity contribution in [3.63, 3.8) is 0 Å². The van der Waals surface area contributed by atoms with E-state index in [0.717, 1.165) is 17.8 Å². The van der Waals surface area contributed by atoms with Gasteiger partial charge in [-0.3, -0.25) is 0 Å². The van der Waals surface area contributed by atoms with E-state index < -0.39 is 0 Å². The van der Waals surface area contributed by atoms with Crippen molar-refractivity contribution in [3.05, 3.63) is 29.6 Å². The third kappa shape index (κ3) is 4.53. The smallest absolute Gasteiger partial charge is 0.123 e. The Balaban J connectivity index is 3.10. The van der Waals surface area contributed by atoms with Crippen LogP contribution in [0.4, 0.5) is 10.1 Å². The van der Waals surface area contributed by atoms with Crippen LogP contribution in [0.5, 0.6) is 0 Å². The van der Waals surface area contributed by atoms with Gasteiger partial charge in [-0.05, 0) is 36.6 Å². The highest BCUT2D eigenvalue weighted by atomic mass is 19.1. The van der Waals surface area contributed by atoms with Crippen molar-refractivity contribution in [2.75, 3.05) is 18.0 Å². The predicted octanol–water partition coefficient (Wildman–Crippen LogP) is 3.22. The van der Waals surface area contributed by atoms with E-state index in [2.05, 4.69) is 24.8 Å². The van der Waals surface area contributed by atoms with Gasteiger partial charge in [-0.1, -0.05) is 13.8 Å². The fourth-order valence-corrected chi connectivity index (χ4v) is 2.11. The average Bonchev–Trinajstić information content (AvgIpc) is 2.34. The summed E-state index contributed by atoms with van der Waals surface area (Å²) in [6, 6.07) is 6.61. The van der Waals surface area contributed by atoms with Crippen molar-refractivity contribution in [1.82, 2.24) is 0 Å². The molecule has 1 rings (SSSR count). The first-order valence-corrected chi connectivity index (χ1v) is 6.62. The Morgan fingerprint density at radius 2 is 2.05 bits per heavy atom. The monoisotopic (exact) mass is 263 g/mol. The maximum Gasteiger partial charge on any atom is 0.123 e. The van der Waals surface area contributed by atoms with Crippen LogP contribution in [-0.4, -0.2) is 13.1 Å². The molecule has 104 valence electrons. The lowest BCUT2D eigenvalue weighted by atomic mass is 10.0. The molecule has 4 heteroatoms. The van der Waals surface area contributed by atoms with Crippen LogP contribution in [-0.2, 0) is 0 Å². The zero-order chi connectivity index (χ0) is 14.4. The summed E-state index contributed by atoms with van der Waals surface area (Å²) in [6.45, 7) is 7.55. The molecule has 0 aliphatic carbocycles. The molecule has 1 atom stereocenters. The van der Waals surface area contributed by atoms with Crippen LogP contribution < -0.4 is 10.6 Å². The van der Waals surface area contributed by atoms with Crippen molar-refractivity contribution < 1.29 is 4.39 Å². The van der Waals surface area contributed by atoms with Crippen LogP contribution in [0.3, 0.4) is 0 Å². The number of nitriles is 1. The summed E-state index contributed by atoms with van der Waals surface area (Å²) < 4.78 is 13.4. The fourth-order valence-electron chi connectivity index (χ4n) is 2.11. The largest absolute Gasteiger partial charge is 0.370 e. The lowest BCUT2D eigenvalue weighted by Gasteiger charge is -2.29. The van der Waals surface area contributed by atoms with Crippen LogP contribution in [0.2, 0.25) is 0 Å². The highest BCUT2D eigenvalue weighted by molar-refractivity contribution is 5.55. The molecule has 0 saturated heterocycles. The standard InChI is InChI=1S/C15H22FN3/c1-11(2)10-19(8-4-7-17)15-6-5-13(16)9-14(15)12(3)18/h5-6,9,11-12H,4,8,10,18H2,1-3H3/t12-/m0/s1. The molecule has 1 aromatic rings. The number of anilines is 1. The molecule has 0 bridgehead atoms. The lowest BCUT2D eigenvalue weighted by molar-refractivity contribution is 0.602. The Hall–Kier alpha value is -1.60. The minimum Gasteiger partial charge on any atom is -0.370 e. The van der Waals surface area contributed by atoms with Crippen molar-refractivity contribution in [2.24, 2.45) is 11.7 Å². The summed E-state index contributed by atoms with van der Waals surface area (Å²) in [5.74, 6) is 0.186. The fraction of sp³-hybridized carbons (Fsp3) is 0.533. The minimum absolute atomic E-state index is 0.234. The van der Waals surface area contributed by atoms with Gasteiger partial charge in [0, 0.05) is 24.8 Å². The van der Waals surface area contributed by atoms with Gasteiger partial charge in [0.1, 0.15) is 5.82 Å². The Morgan fingerprint density at radius 3 is 2.58 bits per heavy atom.